The van der Waals surface area contributed by atoms with Gasteiger partial charge in [0, 0.05) is 67.1 Å². The van der Waals surface area contributed by atoms with Gasteiger partial charge in [-0.1, -0.05) is 13.8 Å². The van der Waals surface area contributed by atoms with Crippen LogP contribution in [0, 0.1) is 5.41 Å². The van der Waals surface area contributed by atoms with Crippen LogP contribution in [0.25, 0.3) is 11.0 Å². The average Bonchev–Trinajstić information content (AvgIpc) is 2.78. The van der Waals surface area contributed by atoms with Crippen LogP contribution in [0.4, 0.5) is 17.6 Å². The molecular weight excluding hydrogens is 402 g/mol. The molecule has 2 fully saturated rings. The Morgan fingerprint density at radius 3 is 2.40 bits per heavy atom. The standard InChI is InChI=1S/C20H31N7O2S/c1-20(2,13-28)12-21-19-24-16-15(18(25-19)27-8-10-30(29)11-9-27)22-14-23-17(16)26-6-4-3-5-7-26/h14,28H,3-13H2,1-2H3,(H,21,24,25). The van der Waals surface area contributed by atoms with Gasteiger partial charge >= 0.3 is 0 Å². The van der Waals surface area contributed by atoms with Crippen LogP contribution in [0.15, 0.2) is 6.33 Å². The molecule has 2 aromatic heterocycles. The van der Waals surface area contributed by atoms with Crippen molar-refractivity contribution in [3.63, 3.8) is 0 Å². The molecule has 0 spiro atoms. The van der Waals surface area contributed by atoms with Crippen molar-refractivity contribution < 1.29 is 9.32 Å². The Kier molecular flexibility index (Phi) is 6.33. The Morgan fingerprint density at radius 1 is 1.00 bits per heavy atom. The van der Waals surface area contributed by atoms with Crippen molar-refractivity contribution in [2.45, 2.75) is 33.1 Å². The van der Waals surface area contributed by atoms with Gasteiger partial charge in [-0.3, -0.25) is 4.21 Å². The summed E-state index contributed by atoms with van der Waals surface area (Å²) in [5, 5.41) is 12.9. The minimum atomic E-state index is -0.768. The fraction of sp³-hybridized carbons (Fsp3) is 0.700. The third kappa shape index (κ3) is 4.64. The molecular formula is C20H31N7O2S. The molecule has 2 N–H and O–H groups in total. The van der Waals surface area contributed by atoms with Crippen molar-refractivity contribution in [1.82, 2.24) is 19.9 Å². The fourth-order valence-corrected chi connectivity index (χ4v) is 4.83. The van der Waals surface area contributed by atoms with Gasteiger partial charge in [-0.15, -0.1) is 0 Å². The molecule has 0 bridgehead atoms. The molecule has 2 saturated heterocycles. The van der Waals surface area contributed by atoms with E-state index in [-0.39, 0.29) is 12.0 Å². The van der Waals surface area contributed by atoms with E-state index in [9.17, 15) is 9.32 Å². The second-order valence-corrected chi connectivity index (χ2v) is 10.5. The quantitative estimate of drug-likeness (QED) is 0.699. The number of aromatic nitrogens is 4. The summed E-state index contributed by atoms with van der Waals surface area (Å²) in [7, 11) is -0.768. The lowest BCUT2D eigenvalue weighted by molar-refractivity contribution is 0.170. The van der Waals surface area contributed by atoms with E-state index in [1.807, 2.05) is 13.8 Å². The summed E-state index contributed by atoms with van der Waals surface area (Å²) in [5.41, 5.74) is 1.20. The number of piperidine rings is 1. The lowest BCUT2D eigenvalue weighted by atomic mass is 9.95. The Hall–Kier alpha value is -2.07. The number of fused-ring (bicyclic) bond motifs is 1. The molecule has 0 atom stereocenters. The molecule has 0 amide bonds. The Morgan fingerprint density at radius 2 is 1.70 bits per heavy atom. The monoisotopic (exact) mass is 433 g/mol. The molecule has 10 heteroatoms. The highest BCUT2D eigenvalue weighted by molar-refractivity contribution is 7.85. The van der Waals surface area contributed by atoms with Crippen LogP contribution in [-0.4, -0.2) is 80.1 Å². The van der Waals surface area contributed by atoms with Crippen LogP contribution in [0.1, 0.15) is 33.1 Å². The third-order valence-electron chi connectivity index (χ3n) is 5.73. The number of rotatable bonds is 6. The van der Waals surface area contributed by atoms with Crippen molar-refractivity contribution in [2.75, 3.05) is 66.0 Å². The van der Waals surface area contributed by atoms with Crippen LogP contribution in [-0.2, 0) is 10.8 Å². The zero-order valence-corrected chi connectivity index (χ0v) is 18.6. The van der Waals surface area contributed by atoms with Gasteiger partial charge in [0.15, 0.2) is 11.6 Å². The highest BCUT2D eigenvalue weighted by atomic mass is 32.2. The first-order chi connectivity index (χ1) is 14.5. The molecule has 0 radical (unpaired) electrons. The molecule has 0 unspecified atom stereocenters. The second-order valence-electron chi connectivity index (χ2n) is 8.82. The van der Waals surface area contributed by atoms with Crippen molar-refractivity contribution in [2.24, 2.45) is 5.41 Å². The summed E-state index contributed by atoms with van der Waals surface area (Å²) >= 11 is 0. The number of anilines is 3. The Bertz CT molecular complexity index is 907. The number of nitrogens with zero attached hydrogens (tertiary/aromatic N) is 6. The number of nitrogens with one attached hydrogen (secondary N) is 1. The predicted molar refractivity (Wildman–Crippen MR) is 121 cm³/mol. The molecule has 2 aliphatic rings. The van der Waals surface area contributed by atoms with Gasteiger partial charge in [0.1, 0.15) is 17.4 Å². The van der Waals surface area contributed by atoms with E-state index in [0.29, 0.717) is 37.1 Å². The molecule has 0 saturated carbocycles. The van der Waals surface area contributed by atoms with Crippen molar-refractivity contribution >= 4 is 39.4 Å². The molecule has 2 aromatic rings. The lowest BCUT2D eigenvalue weighted by Crippen LogP contribution is -2.38. The van der Waals surface area contributed by atoms with Crippen LogP contribution in [0.2, 0.25) is 0 Å². The third-order valence-corrected chi connectivity index (χ3v) is 7.01. The first-order valence-electron chi connectivity index (χ1n) is 10.7. The second kappa shape index (κ2) is 8.97. The van der Waals surface area contributed by atoms with Gasteiger partial charge in [-0.05, 0) is 19.3 Å². The maximum absolute atomic E-state index is 11.9. The van der Waals surface area contributed by atoms with E-state index in [1.165, 1.54) is 6.42 Å². The molecule has 9 nitrogen and oxygen atoms in total. The van der Waals surface area contributed by atoms with Crippen LogP contribution >= 0.6 is 0 Å². The van der Waals surface area contributed by atoms with Gasteiger partial charge in [0.2, 0.25) is 5.95 Å². The molecule has 4 rings (SSSR count). The van der Waals surface area contributed by atoms with E-state index in [1.54, 1.807) is 6.33 Å². The van der Waals surface area contributed by atoms with Gasteiger partial charge < -0.3 is 20.2 Å². The predicted octanol–water partition coefficient (Wildman–Crippen LogP) is 1.41. The summed E-state index contributed by atoms with van der Waals surface area (Å²) in [6.07, 6.45) is 5.14. The Labute approximate surface area is 179 Å². The lowest BCUT2D eigenvalue weighted by Gasteiger charge is -2.30. The van der Waals surface area contributed by atoms with Crippen molar-refractivity contribution in [3.8, 4) is 0 Å². The molecule has 4 heterocycles. The van der Waals surface area contributed by atoms with E-state index in [0.717, 1.165) is 48.6 Å². The number of hydrogen-bond donors (Lipinski definition) is 2. The van der Waals surface area contributed by atoms with Gasteiger partial charge in [0.05, 0.1) is 0 Å². The van der Waals surface area contributed by atoms with Gasteiger partial charge in [-0.25, -0.2) is 15.0 Å². The molecule has 2 aliphatic heterocycles. The largest absolute Gasteiger partial charge is 0.396 e. The minimum Gasteiger partial charge on any atom is -0.396 e. The number of aliphatic hydroxyl groups excluding tert-OH is 1. The van der Waals surface area contributed by atoms with E-state index < -0.39 is 10.8 Å². The highest BCUT2D eigenvalue weighted by Crippen LogP contribution is 2.31. The van der Waals surface area contributed by atoms with Crippen LogP contribution in [0.5, 0.6) is 0 Å². The maximum atomic E-state index is 11.9. The van der Waals surface area contributed by atoms with E-state index >= 15 is 0 Å². The molecule has 164 valence electrons. The van der Waals surface area contributed by atoms with Crippen molar-refractivity contribution in [1.29, 1.82) is 0 Å². The summed E-state index contributed by atoms with van der Waals surface area (Å²) in [6.45, 7) is 7.90. The first kappa shape index (κ1) is 21.2. The van der Waals surface area contributed by atoms with Gasteiger partial charge in [0.25, 0.3) is 0 Å². The molecule has 30 heavy (non-hydrogen) atoms. The fourth-order valence-electron chi connectivity index (χ4n) is 3.78. The first-order valence-corrected chi connectivity index (χ1v) is 12.2. The zero-order chi connectivity index (χ0) is 21.1. The summed E-state index contributed by atoms with van der Waals surface area (Å²) < 4.78 is 11.9. The number of hydrogen-bond acceptors (Lipinski definition) is 9. The maximum Gasteiger partial charge on any atom is 0.225 e. The van der Waals surface area contributed by atoms with Gasteiger partial charge in [-0.2, -0.15) is 4.98 Å². The summed E-state index contributed by atoms with van der Waals surface area (Å²) in [4.78, 5) is 23.2. The Balaban J connectivity index is 1.76. The summed E-state index contributed by atoms with van der Waals surface area (Å²) in [6, 6.07) is 0. The minimum absolute atomic E-state index is 0.0700. The smallest absolute Gasteiger partial charge is 0.225 e. The normalized spacial score (nSPS) is 18.8. The van der Waals surface area contributed by atoms with E-state index in [2.05, 4.69) is 25.1 Å². The molecule has 0 aliphatic carbocycles. The molecule has 0 aromatic carbocycles. The number of aliphatic hydroxyl groups is 1. The zero-order valence-electron chi connectivity index (χ0n) is 17.8. The average molecular weight is 434 g/mol. The highest BCUT2D eigenvalue weighted by Gasteiger charge is 2.25. The SMILES string of the molecule is CC(C)(CO)CNc1nc(N2CCS(=O)CC2)c2ncnc(N3CCCCC3)c2n1. The topological polar surface area (TPSA) is 107 Å². The van der Waals surface area contributed by atoms with E-state index in [4.69, 9.17) is 9.97 Å². The summed E-state index contributed by atoms with van der Waals surface area (Å²) in [5.74, 6) is 3.40. The van der Waals surface area contributed by atoms with Crippen LogP contribution in [0.3, 0.4) is 0 Å². The van der Waals surface area contributed by atoms with Crippen LogP contribution < -0.4 is 15.1 Å². The van der Waals surface area contributed by atoms with Crippen molar-refractivity contribution in [3.05, 3.63) is 6.33 Å².